The number of piperidine rings is 1. The number of nitrogens with zero attached hydrogens (tertiary/aromatic N) is 2. The summed E-state index contributed by atoms with van der Waals surface area (Å²) in [6, 6.07) is 0.628. The van der Waals surface area contributed by atoms with Gasteiger partial charge in [0, 0.05) is 12.1 Å². The topological polar surface area (TPSA) is 69.2 Å². The molecule has 2 aliphatic heterocycles. The van der Waals surface area contributed by atoms with Gasteiger partial charge >= 0.3 is 0 Å². The average molecular weight is 300 g/mol. The van der Waals surface area contributed by atoms with E-state index in [1.165, 1.54) is 6.33 Å². The number of aromatic amines is 1. The average Bonchev–Trinajstić information content (AvgIpc) is 2.55. The predicted octanol–water partition coefficient (Wildman–Crippen LogP) is 1.02. The SMILES string of the molecule is O=c1[nH]cnc(N2C3CCC2CC(O)C3)c1Br. The van der Waals surface area contributed by atoms with Crippen LogP contribution >= 0.6 is 15.9 Å². The highest BCUT2D eigenvalue weighted by Gasteiger charge is 2.41. The highest BCUT2D eigenvalue weighted by molar-refractivity contribution is 9.10. The van der Waals surface area contributed by atoms with Crippen molar-refractivity contribution < 1.29 is 5.11 Å². The second kappa shape index (κ2) is 4.10. The number of fused-ring (bicyclic) bond motifs is 2. The number of aromatic nitrogens is 2. The van der Waals surface area contributed by atoms with Crippen LogP contribution in [0.15, 0.2) is 15.6 Å². The molecule has 2 bridgehead atoms. The van der Waals surface area contributed by atoms with Crippen molar-refractivity contribution in [1.82, 2.24) is 9.97 Å². The van der Waals surface area contributed by atoms with E-state index in [0.29, 0.717) is 22.4 Å². The van der Waals surface area contributed by atoms with E-state index in [0.717, 1.165) is 25.7 Å². The quantitative estimate of drug-likeness (QED) is 0.812. The van der Waals surface area contributed by atoms with Crippen LogP contribution in [0.3, 0.4) is 0 Å². The molecule has 1 aromatic heterocycles. The lowest BCUT2D eigenvalue weighted by atomic mass is 10.00. The molecule has 0 spiro atoms. The van der Waals surface area contributed by atoms with Crippen molar-refractivity contribution in [3.8, 4) is 0 Å². The van der Waals surface area contributed by atoms with E-state index in [4.69, 9.17) is 0 Å². The summed E-state index contributed by atoms with van der Waals surface area (Å²) in [5.74, 6) is 0.716. The third-order valence-electron chi connectivity index (χ3n) is 3.73. The molecule has 2 aliphatic rings. The van der Waals surface area contributed by atoms with Crippen molar-refractivity contribution in [3.63, 3.8) is 0 Å². The van der Waals surface area contributed by atoms with Gasteiger partial charge in [-0.05, 0) is 41.6 Å². The van der Waals surface area contributed by atoms with Gasteiger partial charge in [-0.15, -0.1) is 0 Å². The summed E-state index contributed by atoms with van der Waals surface area (Å²) in [5, 5.41) is 9.75. The molecule has 17 heavy (non-hydrogen) atoms. The Balaban J connectivity index is 2.00. The molecule has 2 fully saturated rings. The minimum Gasteiger partial charge on any atom is -0.393 e. The molecule has 0 saturated carbocycles. The molecular formula is C11H14BrN3O2. The second-order valence-electron chi connectivity index (χ2n) is 4.79. The molecule has 6 heteroatoms. The summed E-state index contributed by atoms with van der Waals surface area (Å²) in [7, 11) is 0. The lowest BCUT2D eigenvalue weighted by Crippen LogP contribution is -2.45. The number of halogens is 1. The molecule has 2 atom stereocenters. The number of anilines is 1. The van der Waals surface area contributed by atoms with Crippen LogP contribution in [-0.2, 0) is 0 Å². The minimum atomic E-state index is -0.204. The second-order valence-corrected chi connectivity index (χ2v) is 5.58. The molecule has 0 radical (unpaired) electrons. The summed E-state index contributed by atoms with van der Waals surface area (Å²) in [6.07, 6.45) is 4.93. The first kappa shape index (κ1) is 11.2. The van der Waals surface area contributed by atoms with Gasteiger partial charge in [0.15, 0.2) is 5.82 Å². The Kier molecular flexibility index (Phi) is 2.71. The van der Waals surface area contributed by atoms with E-state index in [9.17, 15) is 9.90 Å². The van der Waals surface area contributed by atoms with Crippen LogP contribution in [0, 0.1) is 0 Å². The Hall–Kier alpha value is -0.880. The fourth-order valence-electron chi connectivity index (χ4n) is 3.05. The number of aliphatic hydroxyl groups is 1. The Morgan fingerprint density at radius 3 is 2.71 bits per heavy atom. The minimum absolute atomic E-state index is 0.152. The van der Waals surface area contributed by atoms with E-state index in [2.05, 4.69) is 30.8 Å². The summed E-state index contributed by atoms with van der Waals surface area (Å²) in [6.45, 7) is 0. The number of nitrogens with one attached hydrogen (secondary N) is 1. The smallest absolute Gasteiger partial charge is 0.267 e. The van der Waals surface area contributed by atoms with Crippen LogP contribution in [-0.4, -0.2) is 33.3 Å². The zero-order valence-corrected chi connectivity index (χ0v) is 10.9. The van der Waals surface area contributed by atoms with Gasteiger partial charge in [-0.3, -0.25) is 4.79 Å². The molecule has 5 nitrogen and oxygen atoms in total. The highest BCUT2D eigenvalue weighted by Crippen LogP contribution is 2.39. The van der Waals surface area contributed by atoms with E-state index in [1.807, 2.05) is 0 Å². The maximum atomic E-state index is 11.6. The van der Waals surface area contributed by atoms with Gasteiger partial charge in [0.05, 0.1) is 12.4 Å². The third-order valence-corrected chi connectivity index (χ3v) is 4.45. The Bertz CT molecular complexity index is 476. The molecule has 2 saturated heterocycles. The maximum absolute atomic E-state index is 11.6. The van der Waals surface area contributed by atoms with Gasteiger partial charge in [-0.2, -0.15) is 0 Å². The van der Waals surface area contributed by atoms with E-state index >= 15 is 0 Å². The van der Waals surface area contributed by atoms with Gasteiger partial charge in [-0.1, -0.05) is 0 Å². The monoisotopic (exact) mass is 299 g/mol. The first-order chi connectivity index (χ1) is 8.16. The molecule has 92 valence electrons. The van der Waals surface area contributed by atoms with Gasteiger partial charge in [-0.25, -0.2) is 4.98 Å². The zero-order valence-electron chi connectivity index (χ0n) is 9.27. The van der Waals surface area contributed by atoms with Crippen LogP contribution in [0.5, 0.6) is 0 Å². The fraction of sp³-hybridized carbons (Fsp3) is 0.636. The molecule has 0 aromatic carbocycles. The molecule has 3 rings (SSSR count). The standard InChI is InChI=1S/C11H14BrN3O2/c12-9-10(13-5-14-11(9)17)15-6-1-2-7(15)4-8(16)3-6/h5-8,16H,1-4H2,(H,13,14,17). The number of aliphatic hydroxyl groups excluding tert-OH is 1. The van der Waals surface area contributed by atoms with Crippen molar-refractivity contribution in [1.29, 1.82) is 0 Å². The number of hydrogen-bond donors (Lipinski definition) is 2. The Labute approximate surface area is 107 Å². The summed E-state index contributed by atoms with van der Waals surface area (Å²) in [5.41, 5.74) is -0.152. The van der Waals surface area contributed by atoms with Crippen molar-refractivity contribution in [2.24, 2.45) is 0 Å². The van der Waals surface area contributed by atoms with Gasteiger partial charge in [0.2, 0.25) is 0 Å². The molecule has 0 amide bonds. The van der Waals surface area contributed by atoms with Gasteiger partial charge < -0.3 is 15.0 Å². The molecule has 1 aromatic rings. The van der Waals surface area contributed by atoms with Crippen molar-refractivity contribution in [2.75, 3.05) is 4.90 Å². The molecule has 0 aliphatic carbocycles. The van der Waals surface area contributed by atoms with E-state index < -0.39 is 0 Å². The maximum Gasteiger partial charge on any atom is 0.267 e. The van der Waals surface area contributed by atoms with Crippen LogP contribution in [0.1, 0.15) is 25.7 Å². The zero-order chi connectivity index (χ0) is 12.0. The first-order valence-electron chi connectivity index (χ1n) is 5.86. The first-order valence-corrected chi connectivity index (χ1v) is 6.65. The van der Waals surface area contributed by atoms with Gasteiger partial charge in [0.25, 0.3) is 5.56 Å². The summed E-state index contributed by atoms with van der Waals surface area (Å²) < 4.78 is 0.494. The van der Waals surface area contributed by atoms with Crippen molar-refractivity contribution in [3.05, 3.63) is 21.2 Å². The van der Waals surface area contributed by atoms with Crippen LogP contribution in [0.4, 0.5) is 5.82 Å². The molecule has 3 heterocycles. The van der Waals surface area contributed by atoms with Crippen molar-refractivity contribution in [2.45, 2.75) is 43.9 Å². The Morgan fingerprint density at radius 2 is 2.06 bits per heavy atom. The van der Waals surface area contributed by atoms with Crippen LogP contribution in [0.25, 0.3) is 0 Å². The van der Waals surface area contributed by atoms with Crippen molar-refractivity contribution >= 4 is 21.7 Å². The number of hydrogen-bond acceptors (Lipinski definition) is 4. The fourth-order valence-corrected chi connectivity index (χ4v) is 3.47. The third kappa shape index (κ3) is 1.79. The van der Waals surface area contributed by atoms with Gasteiger partial charge in [0.1, 0.15) is 4.47 Å². The largest absolute Gasteiger partial charge is 0.393 e. The highest BCUT2D eigenvalue weighted by atomic mass is 79.9. The predicted molar refractivity (Wildman–Crippen MR) is 67.1 cm³/mol. The lowest BCUT2D eigenvalue weighted by molar-refractivity contribution is 0.126. The molecule has 2 N–H and O–H groups in total. The number of H-pyrrole nitrogens is 1. The number of rotatable bonds is 1. The lowest BCUT2D eigenvalue weighted by Gasteiger charge is -2.38. The normalized spacial score (nSPS) is 31.9. The van der Waals surface area contributed by atoms with Crippen LogP contribution < -0.4 is 10.5 Å². The van der Waals surface area contributed by atoms with Crippen LogP contribution in [0.2, 0.25) is 0 Å². The Morgan fingerprint density at radius 1 is 1.41 bits per heavy atom. The molecule has 2 unspecified atom stereocenters. The molecular weight excluding hydrogens is 286 g/mol. The summed E-state index contributed by atoms with van der Waals surface area (Å²) >= 11 is 3.30. The summed E-state index contributed by atoms with van der Waals surface area (Å²) in [4.78, 5) is 20.6. The van der Waals surface area contributed by atoms with E-state index in [-0.39, 0.29) is 11.7 Å². The van der Waals surface area contributed by atoms with E-state index in [1.54, 1.807) is 0 Å².